The smallest absolute Gasteiger partial charge is 0.246 e. The fourth-order valence-corrected chi connectivity index (χ4v) is 1.01. The largest absolute Gasteiger partial charge is 0.753 e. The van der Waals surface area contributed by atoms with Gasteiger partial charge >= 0.3 is 14.2 Å². The van der Waals surface area contributed by atoms with Gasteiger partial charge in [0.2, 0.25) is 0 Å². The Balaban J connectivity index is 3.94. The van der Waals surface area contributed by atoms with Gasteiger partial charge in [0, 0.05) is 4.57 Å². The highest BCUT2D eigenvalue weighted by Gasteiger charge is 2.33. The molecule has 0 N–H and O–H groups in total. The van der Waals surface area contributed by atoms with E-state index in [-0.39, 0.29) is 6.61 Å². The molecule has 4 nitrogen and oxygen atoms in total. The summed E-state index contributed by atoms with van der Waals surface area (Å²) in [5, 5.41) is 0. The molecule has 0 aliphatic rings. The molecule has 0 saturated carbocycles. The number of carbonyl (C=O) groups excluding carboxylic acids is 1. The van der Waals surface area contributed by atoms with Crippen LogP contribution in [0.2, 0.25) is 0 Å². The first kappa shape index (κ1) is 11.5. The van der Waals surface area contributed by atoms with Crippen molar-refractivity contribution in [3.8, 4) is 0 Å². The van der Waals surface area contributed by atoms with Crippen LogP contribution < -0.4 is 0 Å². The van der Waals surface area contributed by atoms with Crippen LogP contribution in [0.15, 0.2) is 0 Å². The van der Waals surface area contributed by atoms with Gasteiger partial charge in [-0.15, -0.1) is 4.52 Å². The summed E-state index contributed by atoms with van der Waals surface area (Å²) in [5.74, 6) is -0.517. The first-order valence-electron chi connectivity index (χ1n) is 3.70. The van der Waals surface area contributed by atoms with Crippen molar-refractivity contribution in [2.75, 3.05) is 6.61 Å². The lowest BCUT2D eigenvalue weighted by Gasteiger charge is -2.09. The van der Waals surface area contributed by atoms with Crippen LogP contribution in [0, 0.1) is 5.41 Å². The first-order valence-corrected chi connectivity index (χ1v) is 4.80. The van der Waals surface area contributed by atoms with Crippen LogP contribution in [-0.2, 0) is 18.4 Å². The van der Waals surface area contributed by atoms with Crippen LogP contribution in [0.4, 0.5) is 0 Å². The third kappa shape index (κ3) is 4.42. The van der Waals surface area contributed by atoms with Crippen LogP contribution >= 0.6 is 8.25 Å². The van der Waals surface area contributed by atoms with Crippen LogP contribution in [0.3, 0.4) is 0 Å². The lowest BCUT2D eigenvalue weighted by atomic mass is 9.98. The Hall–Kier alpha value is -0.470. The molecule has 1 unspecified atom stereocenters. The molecule has 0 aromatic heterocycles. The predicted octanol–water partition coefficient (Wildman–Crippen LogP) is 2.27. The van der Waals surface area contributed by atoms with Gasteiger partial charge in [-0.25, -0.2) is 4.79 Å². The summed E-state index contributed by atoms with van der Waals surface area (Å²) in [5.41, 5.74) is -0.637. The SMILES string of the molecule is CCO[P+](=O)OC(=O)C(C)(C)C. The van der Waals surface area contributed by atoms with Crippen LogP contribution in [0.5, 0.6) is 0 Å². The van der Waals surface area contributed by atoms with E-state index >= 15 is 0 Å². The van der Waals surface area contributed by atoms with E-state index in [0.29, 0.717) is 0 Å². The minimum Gasteiger partial charge on any atom is -0.246 e. The molecule has 12 heavy (non-hydrogen) atoms. The van der Waals surface area contributed by atoms with Gasteiger partial charge in [-0.1, -0.05) is 0 Å². The highest BCUT2D eigenvalue weighted by Crippen LogP contribution is 2.28. The molecule has 0 aliphatic carbocycles. The Kier molecular flexibility index (Phi) is 4.35. The number of carbonyl (C=O) groups is 1. The van der Waals surface area contributed by atoms with E-state index in [1.54, 1.807) is 27.7 Å². The normalized spacial score (nSPS) is 12.5. The van der Waals surface area contributed by atoms with Gasteiger partial charge in [0.05, 0.1) is 5.41 Å². The van der Waals surface area contributed by atoms with Gasteiger partial charge in [-0.3, -0.25) is 0 Å². The van der Waals surface area contributed by atoms with Gasteiger partial charge in [0.15, 0.2) is 0 Å². The molecule has 0 saturated heterocycles. The summed E-state index contributed by atoms with van der Waals surface area (Å²) in [6.45, 7) is 7.00. The van der Waals surface area contributed by atoms with E-state index in [2.05, 4.69) is 9.05 Å². The van der Waals surface area contributed by atoms with Crippen molar-refractivity contribution in [2.45, 2.75) is 27.7 Å². The molecular weight excluding hydrogens is 179 g/mol. The van der Waals surface area contributed by atoms with Crippen molar-refractivity contribution >= 4 is 14.2 Å². The van der Waals surface area contributed by atoms with Gasteiger partial charge in [-0.2, -0.15) is 4.52 Å². The second-order valence-electron chi connectivity index (χ2n) is 3.27. The highest BCUT2D eigenvalue weighted by molar-refractivity contribution is 7.34. The van der Waals surface area contributed by atoms with Gasteiger partial charge < -0.3 is 0 Å². The molecule has 0 spiro atoms. The molecule has 0 fully saturated rings. The monoisotopic (exact) mass is 193 g/mol. The number of hydrogen-bond acceptors (Lipinski definition) is 4. The second-order valence-corrected chi connectivity index (χ2v) is 4.16. The summed E-state index contributed by atoms with van der Waals surface area (Å²) in [7, 11) is -2.28. The average Bonchev–Trinajstić information content (AvgIpc) is 1.85. The topological polar surface area (TPSA) is 52.6 Å². The fourth-order valence-electron chi connectivity index (χ4n) is 0.336. The third-order valence-electron chi connectivity index (χ3n) is 1.00. The van der Waals surface area contributed by atoms with E-state index < -0.39 is 19.6 Å². The molecule has 0 rings (SSSR count). The standard InChI is InChI=1S/C7H14O4P/c1-5-10-12(9)11-6(8)7(2,3)4/h5H2,1-4H3/q+1. The highest BCUT2D eigenvalue weighted by atomic mass is 31.1. The number of rotatable bonds is 3. The maximum atomic E-state index is 11.1. The van der Waals surface area contributed by atoms with Crippen molar-refractivity contribution in [3.63, 3.8) is 0 Å². The van der Waals surface area contributed by atoms with Gasteiger partial charge in [0.1, 0.15) is 6.61 Å². The lowest BCUT2D eigenvalue weighted by molar-refractivity contribution is -0.143. The molecule has 1 atom stereocenters. The Morgan fingerprint density at radius 2 is 1.92 bits per heavy atom. The molecule has 0 amide bonds. The fraction of sp³-hybridized carbons (Fsp3) is 0.857. The van der Waals surface area contributed by atoms with Crippen molar-refractivity contribution < 1.29 is 18.4 Å². The minimum atomic E-state index is -2.28. The average molecular weight is 193 g/mol. The van der Waals surface area contributed by atoms with E-state index in [4.69, 9.17) is 0 Å². The van der Waals surface area contributed by atoms with E-state index in [9.17, 15) is 9.36 Å². The molecule has 0 radical (unpaired) electrons. The van der Waals surface area contributed by atoms with Gasteiger partial charge in [-0.05, 0) is 27.7 Å². The molecule has 0 bridgehead atoms. The van der Waals surface area contributed by atoms with Crippen LogP contribution in [-0.4, -0.2) is 12.6 Å². The van der Waals surface area contributed by atoms with E-state index in [0.717, 1.165) is 0 Å². The summed E-state index contributed by atoms with van der Waals surface area (Å²) < 4.78 is 19.9. The molecular formula is C7H14O4P+. The van der Waals surface area contributed by atoms with Crippen molar-refractivity contribution in [2.24, 2.45) is 5.41 Å². The summed E-state index contributed by atoms with van der Waals surface area (Å²) in [6.07, 6.45) is 0. The predicted molar refractivity (Wildman–Crippen MR) is 44.8 cm³/mol. The van der Waals surface area contributed by atoms with E-state index in [1.165, 1.54) is 0 Å². The Bertz CT molecular complexity index is 182. The van der Waals surface area contributed by atoms with Crippen LogP contribution in [0.25, 0.3) is 0 Å². The molecule has 0 aromatic rings. The summed E-state index contributed by atoms with van der Waals surface area (Å²) in [4.78, 5) is 11.1. The molecule has 0 aromatic carbocycles. The summed E-state index contributed by atoms with van der Waals surface area (Å²) >= 11 is 0. The quantitative estimate of drug-likeness (QED) is 0.645. The van der Waals surface area contributed by atoms with Crippen molar-refractivity contribution in [1.82, 2.24) is 0 Å². The molecule has 70 valence electrons. The van der Waals surface area contributed by atoms with Gasteiger partial charge in [0.25, 0.3) is 0 Å². The van der Waals surface area contributed by atoms with Crippen molar-refractivity contribution in [1.29, 1.82) is 0 Å². The number of hydrogen-bond donors (Lipinski definition) is 0. The van der Waals surface area contributed by atoms with Crippen molar-refractivity contribution in [3.05, 3.63) is 0 Å². The van der Waals surface area contributed by atoms with E-state index in [1.807, 2.05) is 0 Å². The minimum absolute atomic E-state index is 0.270. The maximum absolute atomic E-state index is 11.1. The molecule has 0 aliphatic heterocycles. The van der Waals surface area contributed by atoms with Crippen LogP contribution in [0.1, 0.15) is 27.7 Å². The Morgan fingerprint density at radius 1 is 1.42 bits per heavy atom. The Labute approximate surface area is 73.2 Å². The first-order chi connectivity index (χ1) is 5.38. The molecule has 0 heterocycles. The summed E-state index contributed by atoms with van der Waals surface area (Å²) in [6, 6.07) is 0. The maximum Gasteiger partial charge on any atom is 0.753 e. The lowest BCUT2D eigenvalue weighted by Crippen LogP contribution is -2.20. The Morgan fingerprint density at radius 3 is 2.25 bits per heavy atom. The second kappa shape index (κ2) is 4.53. The zero-order valence-corrected chi connectivity index (χ0v) is 8.68. The zero-order valence-electron chi connectivity index (χ0n) is 7.79. The zero-order chi connectivity index (χ0) is 9.78. The third-order valence-corrected chi connectivity index (χ3v) is 1.79. The molecule has 5 heteroatoms.